The minimum atomic E-state index is 0.224. The Morgan fingerprint density at radius 2 is 1.94 bits per heavy atom. The second-order valence-corrected chi connectivity index (χ2v) is 5.90. The van der Waals surface area contributed by atoms with Crippen LogP contribution < -0.4 is 5.73 Å². The lowest BCUT2D eigenvalue weighted by Crippen LogP contribution is -2.31. The Kier molecular flexibility index (Phi) is 4.45. The van der Waals surface area contributed by atoms with Crippen molar-refractivity contribution in [1.29, 1.82) is 0 Å². The molecule has 1 aliphatic carbocycles. The molecule has 1 aliphatic rings. The lowest BCUT2D eigenvalue weighted by molar-refractivity contribution is 0.222. The van der Waals surface area contributed by atoms with E-state index in [-0.39, 0.29) is 6.04 Å². The van der Waals surface area contributed by atoms with Gasteiger partial charge in [0.2, 0.25) is 0 Å². The van der Waals surface area contributed by atoms with Gasteiger partial charge in [0.05, 0.1) is 0 Å². The molecule has 0 saturated heterocycles. The van der Waals surface area contributed by atoms with E-state index >= 15 is 0 Å². The summed E-state index contributed by atoms with van der Waals surface area (Å²) in [6.45, 7) is 4.54. The molecule has 1 saturated carbocycles. The van der Waals surface area contributed by atoms with Crippen molar-refractivity contribution in [2.45, 2.75) is 64.8 Å². The molecule has 1 fully saturated rings. The molecule has 1 heteroatoms. The summed E-state index contributed by atoms with van der Waals surface area (Å²) >= 11 is 0. The summed E-state index contributed by atoms with van der Waals surface area (Å²) < 4.78 is 0. The van der Waals surface area contributed by atoms with Crippen molar-refractivity contribution in [3.8, 4) is 0 Å². The molecule has 100 valence electrons. The third-order valence-electron chi connectivity index (χ3n) is 4.81. The summed E-state index contributed by atoms with van der Waals surface area (Å²) in [5.41, 5.74) is 9.77. The van der Waals surface area contributed by atoms with E-state index in [0.29, 0.717) is 5.41 Å². The van der Waals surface area contributed by atoms with Crippen LogP contribution in [-0.4, -0.2) is 0 Å². The Bertz CT molecular complexity index is 377. The van der Waals surface area contributed by atoms with E-state index in [1.54, 1.807) is 0 Å². The number of aryl methyl sites for hydroxylation is 1. The number of hydrogen-bond donors (Lipinski definition) is 1. The third kappa shape index (κ3) is 2.61. The van der Waals surface area contributed by atoms with Gasteiger partial charge in [-0.05, 0) is 42.2 Å². The summed E-state index contributed by atoms with van der Waals surface area (Å²) in [4.78, 5) is 0. The maximum Gasteiger partial charge on any atom is 0.0352 e. The molecule has 0 spiro atoms. The van der Waals surface area contributed by atoms with Gasteiger partial charge >= 0.3 is 0 Å². The zero-order valence-corrected chi connectivity index (χ0v) is 11.9. The van der Waals surface area contributed by atoms with Gasteiger partial charge in [-0.2, -0.15) is 0 Å². The second-order valence-electron chi connectivity index (χ2n) is 5.90. The van der Waals surface area contributed by atoms with Gasteiger partial charge in [-0.1, -0.05) is 57.4 Å². The minimum Gasteiger partial charge on any atom is -0.323 e. The molecule has 18 heavy (non-hydrogen) atoms. The summed E-state index contributed by atoms with van der Waals surface area (Å²) in [6, 6.07) is 9.19. The van der Waals surface area contributed by atoms with Crippen LogP contribution in [0.1, 0.15) is 69.5 Å². The lowest BCUT2D eigenvalue weighted by atomic mass is 9.73. The Morgan fingerprint density at radius 3 is 2.56 bits per heavy atom. The van der Waals surface area contributed by atoms with Crippen molar-refractivity contribution >= 4 is 0 Å². The van der Waals surface area contributed by atoms with Crippen LogP contribution in [0.5, 0.6) is 0 Å². The molecule has 1 aromatic rings. The molecule has 0 aromatic heterocycles. The first-order valence-electron chi connectivity index (χ1n) is 7.56. The number of hydrogen-bond acceptors (Lipinski definition) is 1. The van der Waals surface area contributed by atoms with Gasteiger partial charge in [-0.25, -0.2) is 0 Å². The highest BCUT2D eigenvalue weighted by atomic mass is 14.7. The fourth-order valence-electron chi connectivity index (χ4n) is 3.55. The fourth-order valence-corrected chi connectivity index (χ4v) is 3.55. The standard InChI is InChI=1S/C17H27N/c1-3-8-14-9-7-10-15(13-14)16(18)17(4-2)11-5-6-12-17/h7,9-10,13,16H,3-6,8,11-12,18H2,1-2H3. The molecule has 0 amide bonds. The highest BCUT2D eigenvalue weighted by molar-refractivity contribution is 5.27. The number of benzene rings is 1. The monoisotopic (exact) mass is 245 g/mol. The average Bonchev–Trinajstić information content (AvgIpc) is 2.88. The van der Waals surface area contributed by atoms with Crippen LogP contribution in [0.3, 0.4) is 0 Å². The van der Waals surface area contributed by atoms with Crippen molar-refractivity contribution in [1.82, 2.24) is 0 Å². The highest BCUT2D eigenvalue weighted by Crippen LogP contribution is 2.48. The van der Waals surface area contributed by atoms with Crippen LogP contribution in [0.25, 0.3) is 0 Å². The molecule has 0 aliphatic heterocycles. The molecule has 0 bridgehead atoms. The maximum absolute atomic E-state index is 6.61. The van der Waals surface area contributed by atoms with Crippen molar-refractivity contribution in [3.05, 3.63) is 35.4 Å². The van der Waals surface area contributed by atoms with Crippen LogP contribution in [-0.2, 0) is 6.42 Å². The van der Waals surface area contributed by atoms with Gasteiger partial charge in [-0.3, -0.25) is 0 Å². The molecular formula is C17H27N. The van der Waals surface area contributed by atoms with E-state index in [1.807, 2.05) is 0 Å². The maximum atomic E-state index is 6.61. The summed E-state index contributed by atoms with van der Waals surface area (Å²) in [7, 11) is 0. The fraction of sp³-hybridized carbons (Fsp3) is 0.647. The lowest BCUT2D eigenvalue weighted by Gasteiger charge is -2.35. The third-order valence-corrected chi connectivity index (χ3v) is 4.81. The predicted octanol–water partition coefficient (Wildman–Crippen LogP) is 4.61. The van der Waals surface area contributed by atoms with E-state index in [4.69, 9.17) is 5.73 Å². The van der Waals surface area contributed by atoms with Crippen molar-refractivity contribution in [2.75, 3.05) is 0 Å². The van der Waals surface area contributed by atoms with Gasteiger partial charge in [0.15, 0.2) is 0 Å². The summed E-state index contributed by atoms with van der Waals surface area (Å²) in [5, 5.41) is 0. The van der Waals surface area contributed by atoms with Crippen molar-refractivity contribution < 1.29 is 0 Å². The molecule has 0 radical (unpaired) electrons. The first kappa shape index (κ1) is 13.6. The van der Waals surface area contributed by atoms with Gasteiger partial charge in [0.25, 0.3) is 0 Å². The van der Waals surface area contributed by atoms with Gasteiger partial charge < -0.3 is 5.73 Å². The van der Waals surface area contributed by atoms with Crippen LogP contribution in [0.15, 0.2) is 24.3 Å². The van der Waals surface area contributed by atoms with Gasteiger partial charge in [0, 0.05) is 6.04 Å². The Morgan fingerprint density at radius 1 is 1.22 bits per heavy atom. The van der Waals surface area contributed by atoms with E-state index in [0.717, 1.165) is 0 Å². The van der Waals surface area contributed by atoms with E-state index in [9.17, 15) is 0 Å². The quantitative estimate of drug-likeness (QED) is 0.805. The van der Waals surface area contributed by atoms with Crippen molar-refractivity contribution in [2.24, 2.45) is 11.1 Å². The number of nitrogens with two attached hydrogens (primary N) is 1. The molecule has 1 atom stereocenters. The largest absolute Gasteiger partial charge is 0.323 e. The summed E-state index contributed by atoms with van der Waals surface area (Å²) in [6.07, 6.45) is 8.92. The topological polar surface area (TPSA) is 26.0 Å². The van der Waals surface area contributed by atoms with Gasteiger partial charge in [0.1, 0.15) is 0 Å². The molecule has 1 nitrogen and oxygen atoms in total. The normalized spacial score (nSPS) is 19.9. The number of rotatable bonds is 5. The zero-order valence-electron chi connectivity index (χ0n) is 11.9. The van der Waals surface area contributed by atoms with Crippen LogP contribution in [0, 0.1) is 5.41 Å². The molecule has 2 rings (SSSR count). The molecular weight excluding hydrogens is 218 g/mol. The average molecular weight is 245 g/mol. The Labute approximate surface area is 112 Å². The molecule has 0 heterocycles. The Hall–Kier alpha value is -0.820. The first-order chi connectivity index (χ1) is 8.72. The molecule has 1 aromatic carbocycles. The molecule has 1 unspecified atom stereocenters. The highest BCUT2D eigenvalue weighted by Gasteiger charge is 2.38. The zero-order chi connectivity index (χ0) is 13.0. The van der Waals surface area contributed by atoms with Crippen LogP contribution >= 0.6 is 0 Å². The van der Waals surface area contributed by atoms with E-state index in [1.165, 1.54) is 56.1 Å². The SMILES string of the molecule is CCCc1cccc(C(N)C2(CC)CCCC2)c1. The predicted molar refractivity (Wildman–Crippen MR) is 78.6 cm³/mol. The smallest absolute Gasteiger partial charge is 0.0352 e. The molecule has 2 N–H and O–H groups in total. The minimum absolute atomic E-state index is 0.224. The van der Waals surface area contributed by atoms with Crippen LogP contribution in [0.2, 0.25) is 0 Å². The first-order valence-corrected chi connectivity index (χ1v) is 7.56. The Balaban J connectivity index is 2.21. The van der Waals surface area contributed by atoms with Crippen LogP contribution in [0.4, 0.5) is 0 Å². The van der Waals surface area contributed by atoms with E-state index < -0.39 is 0 Å². The summed E-state index contributed by atoms with van der Waals surface area (Å²) in [5.74, 6) is 0. The van der Waals surface area contributed by atoms with Crippen molar-refractivity contribution in [3.63, 3.8) is 0 Å². The van der Waals surface area contributed by atoms with Gasteiger partial charge in [-0.15, -0.1) is 0 Å². The second kappa shape index (κ2) is 5.88. The van der Waals surface area contributed by atoms with E-state index in [2.05, 4.69) is 38.1 Å².